The maximum Gasteiger partial charge on any atom is 0.273 e. The Morgan fingerprint density at radius 2 is 1.86 bits per heavy atom. The van der Waals surface area contributed by atoms with E-state index in [0.29, 0.717) is 21.2 Å². The fraction of sp³-hybridized carbons (Fsp3) is 0.0667. The van der Waals surface area contributed by atoms with Crippen LogP contribution in [0.2, 0.25) is 10.0 Å². The van der Waals surface area contributed by atoms with E-state index in [1.54, 1.807) is 48.5 Å². The molecule has 21 heavy (non-hydrogen) atoms. The zero-order valence-corrected chi connectivity index (χ0v) is 12.3. The average Bonchev–Trinajstić information content (AvgIpc) is 2.51. The van der Waals surface area contributed by atoms with Crippen molar-refractivity contribution in [2.75, 3.05) is 0 Å². The Morgan fingerprint density at radius 3 is 2.52 bits per heavy atom. The van der Waals surface area contributed by atoms with Gasteiger partial charge in [0.25, 0.3) is 5.91 Å². The van der Waals surface area contributed by atoms with E-state index in [0.717, 1.165) is 0 Å². The van der Waals surface area contributed by atoms with Gasteiger partial charge in [0.2, 0.25) is 0 Å². The van der Waals surface area contributed by atoms with Gasteiger partial charge in [0.1, 0.15) is 0 Å². The van der Waals surface area contributed by atoms with E-state index in [-0.39, 0.29) is 0 Å². The minimum atomic E-state index is -1.27. The van der Waals surface area contributed by atoms with Crippen LogP contribution < -0.4 is 5.43 Å². The number of hydrogen-bond donors (Lipinski definition) is 2. The van der Waals surface area contributed by atoms with Gasteiger partial charge in [-0.1, -0.05) is 59.6 Å². The summed E-state index contributed by atoms with van der Waals surface area (Å²) < 4.78 is 0. The fourth-order valence-electron chi connectivity index (χ4n) is 1.61. The van der Waals surface area contributed by atoms with Crippen molar-refractivity contribution in [3.8, 4) is 0 Å². The average molecular weight is 323 g/mol. The molecule has 6 heteroatoms. The highest BCUT2D eigenvalue weighted by Crippen LogP contribution is 2.21. The van der Waals surface area contributed by atoms with Crippen LogP contribution in [0.1, 0.15) is 17.2 Å². The van der Waals surface area contributed by atoms with Crippen LogP contribution in [0, 0.1) is 0 Å². The van der Waals surface area contributed by atoms with Crippen molar-refractivity contribution in [3.05, 3.63) is 69.7 Å². The van der Waals surface area contributed by atoms with E-state index in [9.17, 15) is 9.90 Å². The van der Waals surface area contributed by atoms with Crippen LogP contribution in [0.4, 0.5) is 0 Å². The molecule has 0 aliphatic heterocycles. The first-order valence-corrected chi connectivity index (χ1v) is 6.84. The van der Waals surface area contributed by atoms with Gasteiger partial charge in [-0.05, 0) is 23.3 Å². The Kier molecular flexibility index (Phi) is 5.33. The molecule has 4 nitrogen and oxygen atoms in total. The van der Waals surface area contributed by atoms with Crippen molar-refractivity contribution in [1.82, 2.24) is 5.43 Å². The number of aliphatic hydroxyl groups excluding tert-OH is 1. The summed E-state index contributed by atoms with van der Waals surface area (Å²) >= 11 is 11.7. The van der Waals surface area contributed by atoms with Crippen LogP contribution in [-0.2, 0) is 4.79 Å². The molecule has 0 aromatic heterocycles. The third kappa shape index (κ3) is 4.29. The summed E-state index contributed by atoms with van der Waals surface area (Å²) in [6.45, 7) is 0. The van der Waals surface area contributed by atoms with E-state index in [1.165, 1.54) is 6.21 Å². The number of carbonyl (C=O) groups is 1. The number of halogens is 2. The molecule has 1 atom stereocenters. The molecule has 0 heterocycles. The normalized spacial score (nSPS) is 12.3. The lowest BCUT2D eigenvalue weighted by atomic mass is 10.1. The predicted molar refractivity (Wildman–Crippen MR) is 83.6 cm³/mol. The minimum absolute atomic E-state index is 0.399. The van der Waals surface area contributed by atoms with E-state index in [2.05, 4.69) is 10.5 Å². The Balaban J connectivity index is 1.97. The largest absolute Gasteiger partial charge is 0.378 e. The number of hydrogen-bond acceptors (Lipinski definition) is 3. The molecule has 0 saturated heterocycles. The summed E-state index contributed by atoms with van der Waals surface area (Å²) in [5, 5.41) is 14.5. The second kappa shape index (κ2) is 7.22. The Labute approximate surface area is 132 Å². The number of nitrogens with one attached hydrogen (secondary N) is 1. The van der Waals surface area contributed by atoms with Gasteiger partial charge in [0.05, 0.1) is 16.3 Å². The van der Waals surface area contributed by atoms with Gasteiger partial charge >= 0.3 is 0 Å². The minimum Gasteiger partial charge on any atom is -0.378 e. The van der Waals surface area contributed by atoms with Crippen LogP contribution in [0.5, 0.6) is 0 Å². The van der Waals surface area contributed by atoms with Gasteiger partial charge in [-0.15, -0.1) is 0 Å². The standard InChI is InChI=1S/C15H12Cl2N2O2/c16-12-7-6-10(8-13(12)17)9-18-19-15(21)14(20)11-4-2-1-3-5-11/h1-9,14,20H,(H,19,21)/b18-9+. The van der Waals surface area contributed by atoms with Crippen molar-refractivity contribution in [1.29, 1.82) is 0 Å². The number of nitrogens with zero attached hydrogens (tertiary/aromatic N) is 1. The van der Waals surface area contributed by atoms with Crippen molar-refractivity contribution < 1.29 is 9.90 Å². The van der Waals surface area contributed by atoms with Gasteiger partial charge in [-0.25, -0.2) is 5.43 Å². The maximum absolute atomic E-state index is 11.7. The topological polar surface area (TPSA) is 61.7 Å². The second-order valence-electron chi connectivity index (χ2n) is 4.22. The molecule has 0 aliphatic carbocycles. The van der Waals surface area contributed by atoms with Gasteiger partial charge in [0, 0.05) is 0 Å². The number of amides is 1. The molecule has 1 amide bonds. The predicted octanol–water partition coefficient (Wildman–Crippen LogP) is 3.18. The van der Waals surface area contributed by atoms with E-state index < -0.39 is 12.0 Å². The number of carbonyl (C=O) groups excluding carboxylic acids is 1. The molecule has 0 fully saturated rings. The van der Waals surface area contributed by atoms with Crippen LogP contribution in [0.25, 0.3) is 0 Å². The molecule has 2 rings (SSSR count). The molecule has 1 unspecified atom stereocenters. The van der Waals surface area contributed by atoms with Gasteiger partial charge < -0.3 is 5.11 Å². The zero-order valence-electron chi connectivity index (χ0n) is 10.8. The fourth-order valence-corrected chi connectivity index (χ4v) is 1.92. The molecule has 0 spiro atoms. The van der Waals surface area contributed by atoms with Crippen LogP contribution in [0.15, 0.2) is 53.6 Å². The Morgan fingerprint density at radius 1 is 1.14 bits per heavy atom. The van der Waals surface area contributed by atoms with E-state index >= 15 is 0 Å². The van der Waals surface area contributed by atoms with Crippen molar-refractivity contribution >= 4 is 35.3 Å². The lowest BCUT2D eigenvalue weighted by Gasteiger charge is -2.08. The van der Waals surface area contributed by atoms with Crippen molar-refractivity contribution in [2.24, 2.45) is 5.10 Å². The molecule has 0 saturated carbocycles. The third-order valence-electron chi connectivity index (χ3n) is 2.70. The summed E-state index contributed by atoms with van der Waals surface area (Å²) in [5.41, 5.74) is 3.45. The van der Waals surface area contributed by atoms with Crippen LogP contribution >= 0.6 is 23.2 Å². The Bertz CT molecular complexity index is 660. The molecule has 2 N–H and O–H groups in total. The molecular formula is C15H12Cl2N2O2. The summed E-state index contributed by atoms with van der Waals surface area (Å²) in [7, 11) is 0. The first-order valence-electron chi connectivity index (χ1n) is 6.09. The number of rotatable bonds is 4. The third-order valence-corrected chi connectivity index (χ3v) is 3.43. The van der Waals surface area contributed by atoms with E-state index in [1.807, 2.05) is 0 Å². The maximum atomic E-state index is 11.7. The first-order chi connectivity index (χ1) is 10.1. The van der Waals surface area contributed by atoms with Gasteiger partial charge in [-0.2, -0.15) is 5.10 Å². The molecular weight excluding hydrogens is 311 g/mol. The summed E-state index contributed by atoms with van der Waals surface area (Å²) in [6, 6.07) is 13.6. The number of benzene rings is 2. The summed E-state index contributed by atoms with van der Waals surface area (Å²) in [6.07, 6.45) is 0.148. The zero-order chi connectivity index (χ0) is 15.2. The highest BCUT2D eigenvalue weighted by Gasteiger charge is 2.15. The highest BCUT2D eigenvalue weighted by molar-refractivity contribution is 6.42. The van der Waals surface area contributed by atoms with Gasteiger partial charge in [-0.3, -0.25) is 4.79 Å². The lowest BCUT2D eigenvalue weighted by molar-refractivity contribution is -0.129. The highest BCUT2D eigenvalue weighted by atomic mass is 35.5. The number of hydrazone groups is 1. The molecule has 0 radical (unpaired) electrons. The van der Waals surface area contributed by atoms with Crippen LogP contribution in [0.3, 0.4) is 0 Å². The van der Waals surface area contributed by atoms with Crippen molar-refractivity contribution in [2.45, 2.75) is 6.10 Å². The van der Waals surface area contributed by atoms with Crippen molar-refractivity contribution in [3.63, 3.8) is 0 Å². The SMILES string of the molecule is O=C(N/N=C/c1ccc(Cl)c(Cl)c1)C(O)c1ccccc1. The molecule has 2 aromatic rings. The number of aliphatic hydroxyl groups is 1. The van der Waals surface area contributed by atoms with Gasteiger partial charge in [0.15, 0.2) is 6.10 Å². The molecule has 108 valence electrons. The lowest BCUT2D eigenvalue weighted by Crippen LogP contribution is -2.25. The summed E-state index contributed by atoms with van der Waals surface area (Å²) in [4.78, 5) is 11.7. The van der Waals surface area contributed by atoms with E-state index in [4.69, 9.17) is 23.2 Å². The second-order valence-corrected chi connectivity index (χ2v) is 5.04. The first kappa shape index (κ1) is 15.5. The Hall–Kier alpha value is -1.88. The quantitative estimate of drug-likeness (QED) is 0.670. The molecule has 0 bridgehead atoms. The smallest absolute Gasteiger partial charge is 0.273 e. The summed E-state index contributed by atoms with van der Waals surface area (Å²) in [5.74, 6) is -0.613. The van der Waals surface area contributed by atoms with Crippen LogP contribution in [-0.4, -0.2) is 17.2 Å². The molecule has 2 aromatic carbocycles. The monoisotopic (exact) mass is 322 g/mol. The molecule has 0 aliphatic rings.